The first-order valence-electron chi connectivity index (χ1n) is 6.84. The molecular weight excluding hydrogens is 234 g/mol. The maximum absolute atomic E-state index is 5.11. The van der Waals surface area contributed by atoms with Crippen molar-refractivity contribution in [2.75, 3.05) is 0 Å². The summed E-state index contributed by atoms with van der Waals surface area (Å²) in [5, 5.41) is 3.63. The molecule has 0 saturated heterocycles. The van der Waals surface area contributed by atoms with E-state index in [0.717, 1.165) is 13.0 Å². The van der Waals surface area contributed by atoms with Crippen molar-refractivity contribution in [3.8, 4) is 0 Å². The summed E-state index contributed by atoms with van der Waals surface area (Å²) >= 11 is 0. The zero-order valence-corrected chi connectivity index (χ0v) is 12.0. The molecule has 2 nitrogen and oxygen atoms in total. The average Bonchev–Trinajstić information content (AvgIpc) is 2.87. The van der Waals surface area contributed by atoms with Crippen molar-refractivity contribution >= 4 is 0 Å². The molecule has 1 atom stereocenters. The van der Waals surface area contributed by atoms with Crippen LogP contribution in [0.2, 0.25) is 0 Å². The summed E-state index contributed by atoms with van der Waals surface area (Å²) in [7, 11) is 0. The van der Waals surface area contributed by atoms with Crippen molar-refractivity contribution in [1.29, 1.82) is 0 Å². The van der Waals surface area contributed by atoms with Crippen LogP contribution in [0, 0.1) is 5.41 Å². The van der Waals surface area contributed by atoms with Gasteiger partial charge in [0.05, 0.1) is 12.5 Å². The molecule has 2 aromatic rings. The van der Waals surface area contributed by atoms with Crippen molar-refractivity contribution in [2.45, 2.75) is 39.8 Å². The summed E-state index contributed by atoms with van der Waals surface area (Å²) in [6.45, 7) is 7.68. The average molecular weight is 257 g/mol. The second-order valence-corrected chi connectivity index (χ2v) is 6.24. The molecule has 1 unspecified atom stereocenters. The number of hydrogen-bond donors (Lipinski definition) is 1. The van der Waals surface area contributed by atoms with Crippen LogP contribution in [0.25, 0.3) is 0 Å². The fourth-order valence-corrected chi connectivity index (χ4v) is 2.24. The molecule has 0 radical (unpaired) electrons. The largest absolute Gasteiger partial charge is 0.472 e. The van der Waals surface area contributed by atoms with Gasteiger partial charge >= 0.3 is 0 Å². The molecule has 2 rings (SSSR count). The Kier molecular flexibility index (Phi) is 4.43. The van der Waals surface area contributed by atoms with Gasteiger partial charge in [-0.25, -0.2) is 0 Å². The lowest BCUT2D eigenvalue weighted by Gasteiger charge is -2.27. The highest BCUT2D eigenvalue weighted by Crippen LogP contribution is 2.29. The Balaban J connectivity index is 2.06. The van der Waals surface area contributed by atoms with Crippen LogP contribution in [-0.4, -0.2) is 0 Å². The van der Waals surface area contributed by atoms with Gasteiger partial charge in [-0.15, -0.1) is 0 Å². The SMILES string of the molecule is CC(C)(C)CC(NCc1ccoc1)c1ccccc1. The maximum Gasteiger partial charge on any atom is 0.0947 e. The van der Waals surface area contributed by atoms with Gasteiger partial charge in [-0.05, 0) is 23.5 Å². The van der Waals surface area contributed by atoms with Gasteiger partial charge in [-0.2, -0.15) is 0 Å². The van der Waals surface area contributed by atoms with E-state index in [-0.39, 0.29) is 0 Å². The van der Waals surface area contributed by atoms with E-state index in [1.807, 2.05) is 6.07 Å². The van der Waals surface area contributed by atoms with Crippen LogP contribution in [0.3, 0.4) is 0 Å². The minimum Gasteiger partial charge on any atom is -0.472 e. The lowest BCUT2D eigenvalue weighted by atomic mass is 9.85. The number of hydrogen-bond acceptors (Lipinski definition) is 2. The molecule has 0 aliphatic heterocycles. The van der Waals surface area contributed by atoms with Crippen LogP contribution in [0.1, 0.15) is 44.4 Å². The van der Waals surface area contributed by atoms with Crippen molar-refractivity contribution in [3.05, 3.63) is 60.1 Å². The van der Waals surface area contributed by atoms with E-state index >= 15 is 0 Å². The minimum atomic E-state index is 0.296. The lowest BCUT2D eigenvalue weighted by molar-refractivity contribution is 0.310. The Bertz CT molecular complexity index is 468. The Morgan fingerprint density at radius 2 is 1.84 bits per heavy atom. The van der Waals surface area contributed by atoms with Crippen LogP contribution in [-0.2, 0) is 6.54 Å². The van der Waals surface area contributed by atoms with Gasteiger partial charge in [0.15, 0.2) is 0 Å². The first-order valence-corrected chi connectivity index (χ1v) is 6.84. The summed E-state index contributed by atoms with van der Waals surface area (Å²) in [5.74, 6) is 0. The summed E-state index contributed by atoms with van der Waals surface area (Å²) in [6, 6.07) is 13.0. The second kappa shape index (κ2) is 6.07. The predicted molar refractivity (Wildman–Crippen MR) is 78.8 cm³/mol. The molecule has 0 spiro atoms. The summed E-state index contributed by atoms with van der Waals surface area (Å²) in [4.78, 5) is 0. The Morgan fingerprint density at radius 3 is 2.42 bits per heavy atom. The molecule has 2 heteroatoms. The van der Waals surface area contributed by atoms with Gasteiger partial charge in [0.25, 0.3) is 0 Å². The summed E-state index contributed by atoms with van der Waals surface area (Å²) < 4.78 is 5.11. The van der Waals surface area contributed by atoms with Crippen molar-refractivity contribution in [3.63, 3.8) is 0 Å². The normalized spacial score (nSPS) is 13.4. The maximum atomic E-state index is 5.11. The third-order valence-corrected chi connectivity index (χ3v) is 3.15. The second-order valence-electron chi connectivity index (χ2n) is 6.24. The standard InChI is InChI=1S/C17H23NO/c1-17(2,3)11-16(15-7-5-4-6-8-15)18-12-14-9-10-19-13-14/h4-10,13,16,18H,11-12H2,1-3H3. The van der Waals surface area contributed by atoms with Crippen LogP contribution < -0.4 is 5.32 Å². The highest BCUT2D eigenvalue weighted by Gasteiger charge is 2.19. The van der Waals surface area contributed by atoms with E-state index in [4.69, 9.17) is 4.42 Å². The smallest absolute Gasteiger partial charge is 0.0947 e. The third kappa shape index (κ3) is 4.56. The quantitative estimate of drug-likeness (QED) is 0.850. The van der Waals surface area contributed by atoms with Gasteiger partial charge in [0, 0.05) is 18.2 Å². The topological polar surface area (TPSA) is 25.2 Å². The molecule has 102 valence electrons. The molecule has 19 heavy (non-hydrogen) atoms. The van der Waals surface area contributed by atoms with E-state index in [2.05, 4.69) is 56.4 Å². The lowest BCUT2D eigenvalue weighted by Crippen LogP contribution is -2.25. The highest BCUT2D eigenvalue weighted by molar-refractivity contribution is 5.19. The molecule has 0 aliphatic carbocycles. The molecule has 0 fully saturated rings. The van der Waals surface area contributed by atoms with Gasteiger partial charge in [-0.1, -0.05) is 51.1 Å². The molecule has 1 heterocycles. The Morgan fingerprint density at radius 1 is 1.11 bits per heavy atom. The Labute approximate surface area is 115 Å². The van der Waals surface area contributed by atoms with E-state index in [1.54, 1.807) is 12.5 Å². The van der Waals surface area contributed by atoms with Gasteiger partial charge in [0.1, 0.15) is 0 Å². The van der Waals surface area contributed by atoms with E-state index in [1.165, 1.54) is 11.1 Å². The fraction of sp³-hybridized carbons (Fsp3) is 0.412. The van der Waals surface area contributed by atoms with Gasteiger partial charge in [-0.3, -0.25) is 0 Å². The zero-order chi connectivity index (χ0) is 13.7. The third-order valence-electron chi connectivity index (χ3n) is 3.15. The molecule has 1 N–H and O–H groups in total. The van der Waals surface area contributed by atoms with Crippen molar-refractivity contribution in [2.24, 2.45) is 5.41 Å². The summed E-state index contributed by atoms with van der Waals surface area (Å²) in [6.07, 6.45) is 4.62. The molecule has 0 amide bonds. The van der Waals surface area contributed by atoms with E-state index in [0.29, 0.717) is 11.5 Å². The molecule has 0 aliphatic rings. The first kappa shape index (κ1) is 13.9. The van der Waals surface area contributed by atoms with E-state index < -0.39 is 0 Å². The number of furan rings is 1. The summed E-state index contributed by atoms with van der Waals surface area (Å²) in [5.41, 5.74) is 2.83. The number of benzene rings is 1. The molecule has 1 aromatic carbocycles. The van der Waals surface area contributed by atoms with Crippen LogP contribution >= 0.6 is 0 Å². The predicted octanol–water partition coefficient (Wildman–Crippen LogP) is 4.55. The monoisotopic (exact) mass is 257 g/mol. The van der Waals surface area contributed by atoms with Crippen molar-refractivity contribution < 1.29 is 4.42 Å². The van der Waals surface area contributed by atoms with Gasteiger partial charge < -0.3 is 9.73 Å². The zero-order valence-electron chi connectivity index (χ0n) is 12.0. The van der Waals surface area contributed by atoms with Crippen LogP contribution in [0.4, 0.5) is 0 Å². The molecular formula is C17H23NO. The minimum absolute atomic E-state index is 0.296. The van der Waals surface area contributed by atoms with E-state index in [9.17, 15) is 0 Å². The number of nitrogens with one attached hydrogen (secondary N) is 1. The van der Waals surface area contributed by atoms with Crippen LogP contribution in [0.15, 0.2) is 53.3 Å². The van der Waals surface area contributed by atoms with Gasteiger partial charge in [0.2, 0.25) is 0 Å². The molecule has 0 bridgehead atoms. The Hall–Kier alpha value is -1.54. The molecule has 0 saturated carbocycles. The first-order chi connectivity index (χ1) is 9.04. The highest BCUT2D eigenvalue weighted by atomic mass is 16.3. The number of rotatable bonds is 5. The fourth-order valence-electron chi connectivity index (χ4n) is 2.24. The molecule has 1 aromatic heterocycles. The van der Waals surface area contributed by atoms with Crippen molar-refractivity contribution in [1.82, 2.24) is 5.32 Å². The van der Waals surface area contributed by atoms with Crippen LogP contribution in [0.5, 0.6) is 0 Å².